The Balaban J connectivity index is 2.21. The second-order valence-corrected chi connectivity index (χ2v) is 4.17. The first-order valence-corrected chi connectivity index (χ1v) is 4.50. The molecule has 1 N–H and O–H groups in total. The molecule has 1 amide bonds. The van der Waals surface area contributed by atoms with E-state index in [0.29, 0.717) is 17.2 Å². The quantitative estimate of drug-likeness (QED) is 0.558. The van der Waals surface area contributed by atoms with E-state index in [1.807, 2.05) is 0 Å². The van der Waals surface area contributed by atoms with Crippen molar-refractivity contribution in [3.8, 4) is 0 Å². The summed E-state index contributed by atoms with van der Waals surface area (Å²) in [6, 6.07) is 0. The standard InChI is InChI=1S/C9H15NO/c1-9-5-3-2-4-7(9)8(11)10-6-9/h7H,2-6H2,1H3,(H,10,11)/t7-,9+/m0/s1. The second kappa shape index (κ2) is 2.23. The molecule has 2 rings (SSSR count). The van der Waals surface area contributed by atoms with Crippen LogP contribution in [0.1, 0.15) is 32.6 Å². The van der Waals surface area contributed by atoms with Gasteiger partial charge in [0.05, 0.1) is 0 Å². The number of amides is 1. The van der Waals surface area contributed by atoms with Gasteiger partial charge in [0.2, 0.25) is 5.91 Å². The van der Waals surface area contributed by atoms with Gasteiger partial charge in [-0.05, 0) is 18.3 Å². The van der Waals surface area contributed by atoms with Crippen LogP contribution in [0.3, 0.4) is 0 Å². The summed E-state index contributed by atoms with van der Waals surface area (Å²) in [5.41, 5.74) is 0.301. The molecule has 1 saturated carbocycles. The van der Waals surface area contributed by atoms with Gasteiger partial charge in [0, 0.05) is 12.5 Å². The summed E-state index contributed by atoms with van der Waals surface area (Å²) in [6.45, 7) is 3.16. The monoisotopic (exact) mass is 153 g/mol. The van der Waals surface area contributed by atoms with Crippen molar-refractivity contribution in [1.29, 1.82) is 0 Å². The van der Waals surface area contributed by atoms with Gasteiger partial charge in [0.15, 0.2) is 0 Å². The van der Waals surface area contributed by atoms with Crippen molar-refractivity contribution in [2.24, 2.45) is 11.3 Å². The van der Waals surface area contributed by atoms with Gasteiger partial charge in [-0.1, -0.05) is 19.8 Å². The van der Waals surface area contributed by atoms with Gasteiger partial charge in [-0.15, -0.1) is 0 Å². The molecule has 1 aliphatic heterocycles. The summed E-state index contributed by atoms with van der Waals surface area (Å²) in [4.78, 5) is 11.3. The van der Waals surface area contributed by atoms with Crippen LogP contribution >= 0.6 is 0 Å². The van der Waals surface area contributed by atoms with E-state index in [4.69, 9.17) is 0 Å². The molecule has 1 aliphatic carbocycles. The third-order valence-corrected chi connectivity index (χ3v) is 3.31. The maximum Gasteiger partial charge on any atom is 0.223 e. The van der Waals surface area contributed by atoms with Crippen LogP contribution in [0.5, 0.6) is 0 Å². The molecular formula is C9H15NO. The van der Waals surface area contributed by atoms with Crippen LogP contribution in [-0.2, 0) is 4.79 Å². The summed E-state index contributed by atoms with van der Waals surface area (Å²) < 4.78 is 0. The normalized spacial score (nSPS) is 43.4. The highest BCUT2D eigenvalue weighted by molar-refractivity contribution is 5.82. The number of hydrogen-bond donors (Lipinski definition) is 1. The lowest BCUT2D eigenvalue weighted by molar-refractivity contribution is -0.124. The zero-order valence-corrected chi connectivity index (χ0v) is 7.02. The fraction of sp³-hybridized carbons (Fsp3) is 0.889. The average Bonchev–Trinajstić information content (AvgIpc) is 2.29. The first-order chi connectivity index (χ1) is 5.22. The Bertz CT molecular complexity index is 190. The minimum absolute atomic E-state index is 0.298. The molecule has 1 heterocycles. The van der Waals surface area contributed by atoms with Gasteiger partial charge in [0.25, 0.3) is 0 Å². The molecule has 2 aliphatic rings. The number of rotatable bonds is 0. The highest BCUT2D eigenvalue weighted by atomic mass is 16.2. The van der Waals surface area contributed by atoms with Crippen LogP contribution in [0, 0.1) is 11.3 Å². The van der Waals surface area contributed by atoms with Crippen molar-refractivity contribution in [3.05, 3.63) is 0 Å². The van der Waals surface area contributed by atoms with Crippen molar-refractivity contribution in [1.82, 2.24) is 5.32 Å². The van der Waals surface area contributed by atoms with Gasteiger partial charge in [-0.2, -0.15) is 0 Å². The molecule has 0 aromatic rings. The van der Waals surface area contributed by atoms with E-state index in [0.717, 1.165) is 13.0 Å². The lowest BCUT2D eigenvalue weighted by atomic mass is 9.69. The number of hydrogen-bond acceptors (Lipinski definition) is 1. The Hall–Kier alpha value is -0.530. The minimum atomic E-state index is 0.298. The van der Waals surface area contributed by atoms with Gasteiger partial charge < -0.3 is 5.32 Å². The molecule has 2 nitrogen and oxygen atoms in total. The SMILES string of the molecule is C[C@]12CCCC[C@H]1C(=O)NC2. The van der Waals surface area contributed by atoms with E-state index in [-0.39, 0.29) is 0 Å². The molecule has 0 aromatic carbocycles. The average molecular weight is 153 g/mol. The van der Waals surface area contributed by atoms with Gasteiger partial charge >= 0.3 is 0 Å². The van der Waals surface area contributed by atoms with Crippen LogP contribution in [-0.4, -0.2) is 12.5 Å². The maximum atomic E-state index is 11.3. The lowest BCUT2D eigenvalue weighted by Gasteiger charge is -2.33. The van der Waals surface area contributed by atoms with Crippen molar-refractivity contribution in [3.63, 3.8) is 0 Å². The molecule has 2 atom stereocenters. The van der Waals surface area contributed by atoms with Crippen molar-refractivity contribution >= 4 is 5.91 Å². The zero-order valence-electron chi connectivity index (χ0n) is 7.02. The number of carbonyl (C=O) groups excluding carboxylic acids is 1. The molecule has 0 radical (unpaired) electrons. The predicted molar refractivity (Wildman–Crippen MR) is 43.1 cm³/mol. The van der Waals surface area contributed by atoms with E-state index < -0.39 is 0 Å². The van der Waals surface area contributed by atoms with Gasteiger partial charge in [-0.25, -0.2) is 0 Å². The van der Waals surface area contributed by atoms with Crippen LogP contribution in [0.25, 0.3) is 0 Å². The van der Waals surface area contributed by atoms with E-state index in [9.17, 15) is 4.79 Å². The third-order valence-electron chi connectivity index (χ3n) is 3.31. The number of nitrogens with one attached hydrogen (secondary N) is 1. The van der Waals surface area contributed by atoms with Gasteiger partial charge in [0.1, 0.15) is 0 Å². The highest BCUT2D eigenvalue weighted by Crippen LogP contribution is 2.43. The maximum absolute atomic E-state index is 11.3. The van der Waals surface area contributed by atoms with Crippen molar-refractivity contribution < 1.29 is 4.79 Å². The van der Waals surface area contributed by atoms with Crippen molar-refractivity contribution in [2.45, 2.75) is 32.6 Å². The Morgan fingerprint density at radius 3 is 3.09 bits per heavy atom. The Morgan fingerprint density at radius 2 is 2.36 bits per heavy atom. The largest absolute Gasteiger partial charge is 0.355 e. The summed E-state index contributed by atoms with van der Waals surface area (Å²) >= 11 is 0. The predicted octanol–water partition coefficient (Wildman–Crippen LogP) is 1.31. The fourth-order valence-electron chi connectivity index (χ4n) is 2.47. The van der Waals surface area contributed by atoms with Crippen molar-refractivity contribution in [2.75, 3.05) is 6.54 Å². The van der Waals surface area contributed by atoms with Crippen LogP contribution in [0.4, 0.5) is 0 Å². The van der Waals surface area contributed by atoms with Crippen LogP contribution < -0.4 is 5.32 Å². The summed E-state index contributed by atoms with van der Waals surface area (Å²) in [5.74, 6) is 0.628. The Kier molecular flexibility index (Phi) is 1.44. The number of fused-ring (bicyclic) bond motifs is 1. The molecule has 0 aromatic heterocycles. The number of carbonyl (C=O) groups is 1. The summed E-state index contributed by atoms with van der Waals surface area (Å²) in [5, 5.41) is 2.96. The van der Waals surface area contributed by atoms with E-state index in [1.165, 1.54) is 19.3 Å². The van der Waals surface area contributed by atoms with E-state index in [1.54, 1.807) is 0 Å². The third kappa shape index (κ3) is 0.959. The topological polar surface area (TPSA) is 29.1 Å². The van der Waals surface area contributed by atoms with E-state index >= 15 is 0 Å². The fourth-order valence-corrected chi connectivity index (χ4v) is 2.47. The molecule has 62 valence electrons. The lowest BCUT2D eigenvalue weighted by Crippen LogP contribution is -2.30. The summed E-state index contributed by atoms with van der Waals surface area (Å²) in [6.07, 6.45) is 4.90. The second-order valence-electron chi connectivity index (χ2n) is 4.17. The zero-order chi connectivity index (χ0) is 7.90. The van der Waals surface area contributed by atoms with Crippen LogP contribution in [0.15, 0.2) is 0 Å². The highest BCUT2D eigenvalue weighted by Gasteiger charge is 2.45. The molecule has 0 bridgehead atoms. The molecule has 2 heteroatoms. The smallest absolute Gasteiger partial charge is 0.223 e. The molecule has 0 spiro atoms. The molecule has 1 saturated heterocycles. The molecule has 11 heavy (non-hydrogen) atoms. The molecule has 2 fully saturated rings. The Morgan fingerprint density at radius 1 is 1.55 bits per heavy atom. The summed E-state index contributed by atoms with van der Waals surface area (Å²) in [7, 11) is 0. The Labute approximate surface area is 67.4 Å². The molecule has 0 unspecified atom stereocenters. The molecular weight excluding hydrogens is 138 g/mol. The van der Waals surface area contributed by atoms with E-state index in [2.05, 4.69) is 12.2 Å². The minimum Gasteiger partial charge on any atom is -0.355 e. The van der Waals surface area contributed by atoms with Crippen LogP contribution in [0.2, 0.25) is 0 Å². The first kappa shape index (κ1) is 7.14. The van der Waals surface area contributed by atoms with Gasteiger partial charge in [-0.3, -0.25) is 4.79 Å². The first-order valence-electron chi connectivity index (χ1n) is 4.50.